The van der Waals surface area contributed by atoms with E-state index in [1.165, 1.54) is 26.4 Å². The first-order chi connectivity index (χ1) is 9.55. The molecule has 1 aromatic rings. The minimum atomic E-state index is -0.320. The summed E-state index contributed by atoms with van der Waals surface area (Å²) in [5.41, 5.74) is 1.40. The second-order valence-corrected chi connectivity index (χ2v) is 7.00. The number of ether oxygens (including phenoxy) is 1. The van der Waals surface area contributed by atoms with Crippen molar-refractivity contribution >= 4 is 43.5 Å². The molecule has 3 nitrogen and oxygen atoms in total. The van der Waals surface area contributed by atoms with E-state index in [4.69, 9.17) is 4.74 Å². The molecule has 0 saturated heterocycles. The van der Waals surface area contributed by atoms with Crippen LogP contribution in [0.2, 0.25) is 0 Å². The third-order valence-corrected chi connectivity index (χ3v) is 5.01. The average Bonchev–Trinajstić information content (AvgIpc) is 2.88. The van der Waals surface area contributed by atoms with Gasteiger partial charge in [0.25, 0.3) is 0 Å². The maximum Gasteiger partial charge on any atom is 0.340 e. The molecule has 0 aliphatic heterocycles. The number of halogens is 2. The second kappa shape index (κ2) is 6.94. The van der Waals surface area contributed by atoms with E-state index in [0.29, 0.717) is 11.6 Å². The number of carbonyl (C=O) groups is 1. The van der Waals surface area contributed by atoms with Crippen LogP contribution in [0.4, 0.5) is 5.69 Å². The van der Waals surface area contributed by atoms with Gasteiger partial charge in [0, 0.05) is 15.0 Å². The first kappa shape index (κ1) is 15.8. The van der Waals surface area contributed by atoms with Gasteiger partial charge in [-0.1, -0.05) is 29.3 Å². The van der Waals surface area contributed by atoms with Gasteiger partial charge in [-0.15, -0.1) is 0 Å². The van der Waals surface area contributed by atoms with Crippen LogP contribution >= 0.6 is 31.9 Å². The number of anilines is 1. The third kappa shape index (κ3) is 3.55. The first-order valence-corrected chi connectivity index (χ1v) is 8.47. The molecule has 0 radical (unpaired) electrons. The van der Waals surface area contributed by atoms with Gasteiger partial charge in [-0.05, 0) is 53.2 Å². The smallest absolute Gasteiger partial charge is 0.340 e. The highest BCUT2D eigenvalue weighted by Gasteiger charge is 2.25. The zero-order valence-corrected chi connectivity index (χ0v) is 14.9. The van der Waals surface area contributed by atoms with E-state index in [1.807, 2.05) is 6.07 Å². The van der Waals surface area contributed by atoms with Crippen LogP contribution in [0.1, 0.15) is 43.0 Å². The summed E-state index contributed by atoms with van der Waals surface area (Å²) in [6, 6.07) is 4.17. The summed E-state index contributed by atoms with van der Waals surface area (Å²) in [6.45, 7) is 2.24. The van der Waals surface area contributed by atoms with Crippen LogP contribution < -0.4 is 5.32 Å². The van der Waals surface area contributed by atoms with Gasteiger partial charge >= 0.3 is 5.97 Å². The van der Waals surface area contributed by atoms with Crippen molar-refractivity contribution < 1.29 is 9.53 Å². The van der Waals surface area contributed by atoms with E-state index in [2.05, 4.69) is 44.1 Å². The van der Waals surface area contributed by atoms with Gasteiger partial charge in [0.2, 0.25) is 0 Å². The topological polar surface area (TPSA) is 38.3 Å². The molecule has 2 rings (SSSR count). The van der Waals surface area contributed by atoms with E-state index in [-0.39, 0.29) is 5.97 Å². The molecule has 1 aliphatic carbocycles. The Morgan fingerprint density at radius 1 is 1.40 bits per heavy atom. The highest BCUT2D eigenvalue weighted by Crippen LogP contribution is 2.35. The van der Waals surface area contributed by atoms with Gasteiger partial charge in [-0.25, -0.2) is 4.79 Å². The lowest BCUT2D eigenvalue weighted by atomic mass is 10.1. The molecular weight excluding hydrogens is 386 g/mol. The second-order valence-electron chi connectivity index (χ2n) is 5.23. The molecule has 0 spiro atoms. The number of esters is 1. The van der Waals surface area contributed by atoms with Crippen molar-refractivity contribution in [1.29, 1.82) is 0 Å². The molecule has 1 N–H and O–H groups in total. The molecule has 1 aliphatic rings. The minimum Gasteiger partial charge on any atom is -0.465 e. The molecule has 0 amide bonds. The Balaban J connectivity index is 2.24. The van der Waals surface area contributed by atoms with Crippen molar-refractivity contribution in [3.63, 3.8) is 0 Å². The van der Waals surface area contributed by atoms with E-state index in [1.54, 1.807) is 6.07 Å². The largest absolute Gasteiger partial charge is 0.465 e. The molecule has 0 aromatic heterocycles. The van der Waals surface area contributed by atoms with Gasteiger partial charge in [-0.2, -0.15) is 0 Å². The van der Waals surface area contributed by atoms with Crippen molar-refractivity contribution in [2.24, 2.45) is 5.92 Å². The molecule has 0 heterocycles. The predicted molar refractivity (Wildman–Crippen MR) is 88.2 cm³/mol. The van der Waals surface area contributed by atoms with Crippen molar-refractivity contribution in [2.75, 3.05) is 12.4 Å². The average molecular weight is 405 g/mol. The van der Waals surface area contributed by atoms with Crippen LogP contribution in [0, 0.1) is 5.92 Å². The quantitative estimate of drug-likeness (QED) is 0.718. The highest BCUT2D eigenvalue weighted by molar-refractivity contribution is 9.11. The summed E-state index contributed by atoms with van der Waals surface area (Å²) in [5, 5.41) is 3.52. The van der Waals surface area contributed by atoms with Gasteiger partial charge in [0.05, 0.1) is 18.4 Å². The Kier molecular flexibility index (Phi) is 5.49. The van der Waals surface area contributed by atoms with Crippen LogP contribution in [-0.2, 0) is 4.74 Å². The highest BCUT2D eigenvalue weighted by atomic mass is 79.9. The Labute approximate surface area is 136 Å². The molecule has 2 unspecified atom stereocenters. The number of hydrogen-bond acceptors (Lipinski definition) is 3. The number of carbonyl (C=O) groups excluding carboxylic acids is 1. The van der Waals surface area contributed by atoms with E-state index in [9.17, 15) is 4.79 Å². The van der Waals surface area contributed by atoms with Crippen LogP contribution in [0.25, 0.3) is 0 Å². The van der Waals surface area contributed by atoms with Crippen molar-refractivity contribution in [3.8, 4) is 0 Å². The molecule has 1 saturated carbocycles. The Bertz CT molecular complexity index is 505. The number of rotatable bonds is 4. The Hall–Kier alpha value is -0.550. The third-order valence-electron chi connectivity index (χ3n) is 3.93. The van der Waals surface area contributed by atoms with Crippen molar-refractivity contribution in [2.45, 2.75) is 38.6 Å². The maximum atomic E-state index is 11.9. The van der Waals surface area contributed by atoms with Crippen LogP contribution in [0.3, 0.4) is 0 Å². The monoisotopic (exact) mass is 403 g/mol. The van der Waals surface area contributed by atoms with E-state index in [0.717, 1.165) is 27.0 Å². The molecule has 2 atom stereocenters. The normalized spacial score (nSPS) is 21.8. The molecule has 110 valence electrons. The van der Waals surface area contributed by atoms with Gasteiger partial charge in [0.1, 0.15) is 0 Å². The molecule has 20 heavy (non-hydrogen) atoms. The first-order valence-electron chi connectivity index (χ1n) is 6.89. The molecule has 1 fully saturated rings. The SMILES string of the molecule is CCC1CCC(Nc2c(Br)cc(Br)cc2C(=O)OC)C1. The van der Waals surface area contributed by atoms with Crippen LogP contribution in [-0.4, -0.2) is 19.1 Å². The van der Waals surface area contributed by atoms with Gasteiger partial charge < -0.3 is 10.1 Å². The zero-order chi connectivity index (χ0) is 14.7. The van der Waals surface area contributed by atoms with Crippen molar-refractivity contribution in [3.05, 3.63) is 26.6 Å². The number of methoxy groups -OCH3 is 1. The van der Waals surface area contributed by atoms with Crippen LogP contribution in [0.15, 0.2) is 21.1 Å². The van der Waals surface area contributed by atoms with Crippen molar-refractivity contribution in [1.82, 2.24) is 0 Å². The lowest BCUT2D eigenvalue weighted by molar-refractivity contribution is 0.0601. The summed E-state index contributed by atoms with van der Waals surface area (Å²) in [4.78, 5) is 11.9. The Morgan fingerprint density at radius 3 is 2.75 bits per heavy atom. The van der Waals surface area contributed by atoms with Gasteiger partial charge in [-0.3, -0.25) is 0 Å². The summed E-state index contributed by atoms with van der Waals surface area (Å²) in [7, 11) is 1.41. The lowest BCUT2D eigenvalue weighted by Crippen LogP contribution is -2.18. The summed E-state index contributed by atoms with van der Waals surface area (Å²) in [5.74, 6) is 0.475. The van der Waals surface area contributed by atoms with E-state index < -0.39 is 0 Å². The lowest BCUT2D eigenvalue weighted by Gasteiger charge is -2.18. The summed E-state index contributed by atoms with van der Waals surface area (Å²) in [6.07, 6.45) is 4.81. The standard InChI is InChI=1S/C15H19Br2NO2/c1-3-9-4-5-11(6-9)18-14-12(15(19)20-2)7-10(16)8-13(14)17/h7-9,11,18H,3-6H2,1-2H3. The minimum absolute atomic E-state index is 0.320. The van der Waals surface area contributed by atoms with Crippen LogP contribution in [0.5, 0.6) is 0 Å². The maximum absolute atomic E-state index is 11.9. The molecule has 0 bridgehead atoms. The number of benzene rings is 1. The summed E-state index contributed by atoms with van der Waals surface area (Å²) >= 11 is 6.95. The molecule has 1 aromatic carbocycles. The predicted octanol–water partition coefficient (Wildman–Crippen LogP) is 4.99. The van der Waals surface area contributed by atoms with E-state index >= 15 is 0 Å². The fraction of sp³-hybridized carbons (Fsp3) is 0.533. The number of nitrogens with one attached hydrogen (secondary N) is 1. The fourth-order valence-corrected chi connectivity index (χ4v) is 4.11. The number of hydrogen-bond donors (Lipinski definition) is 1. The fourth-order valence-electron chi connectivity index (χ4n) is 2.77. The summed E-state index contributed by atoms with van der Waals surface area (Å²) < 4.78 is 6.61. The Morgan fingerprint density at radius 2 is 2.15 bits per heavy atom. The molecule has 5 heteroatoms. The zero-order valence-electron chi connectivity index (χ0n) is 11.7. The van der Waals surface area contributed by atoms with Gasteiger partial charge in [0.15, 0.2) is 0 Å². The molecular formula is C15H19Br2NO2.